The Kier molecular flexibility index (Phi) is 8.32. The predicted molar refractivity (Wildman–Crippen MR) is 46.2 cm³/mol. The Hall–Kier alpha value is -0.450. The zero-order valence-corrected chi connectivity index (χ0v) is 7.76. The van der Waals surface area contributed by atoms with Gasteiger partial charge in [-0.05, 0) is 6.92 Å². The molecule has 0 saturated carbocycles. The summed E-state index contributed by atoms with van der Waals surface area (Å²) in [5, 5.41) is 2.94. The van der Waals surface area contributed by atoms with Crippen LogP contribution in [0.3, 0.4) is 0 Å². The van der Waals surface area contributed by atoms with E-state index in [0.717, 1.165) is 0 Å². The molecule has 0 saturated heterocycles. The van der Waals surface area contributed by atoms with Crippen LogP contribution in [0.4, 0.5) is 0 Å². The monoisotopic (exact) mass is 175 g/mol. The molecule has 0 bridgehead atoms. The molecule has 0 rings (SSSR count). The summed E-state index contributed by atoms with van der Waals surface area (Å²) >= 11 is 0. The van der Waals surface area contributed by atoms with E-state index in [2.05, 4.69) is 5.32 Å². The molecule has 4 nitrogen and oxygen atoms in total. The van der Waals surface area contributed by atoms with E-state index in [-0.39, 0.29) is 12.4 Å². The van der Waals surface area contributed by atoms with Gasteiger partial charge in [-0.1, -0.05) is 0 Å². The maximum absolute atomic E-state index is 10.9. The van der Waals surface area contributed by atoms with Crippen LogP contribution in [0.2, 0.25) is 0 Å². The number of Topliss-reactive ketones (excluding diaryl/α,β-unsaturated/α-hetero) is 1. The van der Waals surface area contributed by atoms with E-state index in [1.165, 1.54) is 0 Å². The number of ether oxygens (including phenoxy) is 2. The second kappa shape index (κ2) is 8.64. The summed E-state index contributed by atoms with van der Waals surface area (Å²) in [4.78, 5) is 10.9. The van der Waals surface area contributed by atoms with E-state index in [4.69, 9.17) is 9.47 Å². The van der Waals surface area contributed by atoms with Crippen molar-refractivity contribution >= 4 is 5.78 Å². The van der Waals surface area contributed by atoms with Gasteiger partial charge in [0.15, 0.2) is 5.78 Å². The lowest BCUT2D eigenvalue weighted by atomic mass is 10.4. The summed E-state index contributed by atoms with van der Waals surface area (Å²) in [6.07, 6.45) is 0. The van der Waals surface area contributed by atoms with Gasteiger partial charge < -0.3 is 14.8 Å². The Morgan fingerprint density at radius 3 is 2.83 bits per heavy atom. The maximum Gasteiger partial charge on any atom is 0.172 e. The highest BCUT2D eigenvalue weighted by atomic mass is 16.5. The fraction of sp³-hybridized carbons (Fsp3) is 0.875. The minimum Gasteiger partial charge on any atom is -0.383 e. The Bertz CT molecular complexity index is 117. The standard InChI is InChI=1S/C8H17NO3/c1-3-12-7-8(10)6-9-4-5-11-2/h9H,3-7H2,1-2H3. The third kappa shape index (κ3) is 7.65. The van der Waals surface area contributed by atoms with Gasteiger partial charge in [-0.3, -0.25) is 4.79 Å². The van der Waals surface area contributed by atoms with Gasteiger partial charge in [-0.25, -0.2) is 0 Å². The van der Waals surface area contributed by atoms with Gasteiger partial charge in [0.1, 0.15) is 6.61 Å². The number of rotatable bonds is 8. The van der Waals surface area contributed by atoms with E-state index in [1.807, 2.05) is 6.92 Å². The lowest BCUT2D eigenvalue weighted by Crippen LogP contribution is -2.28. The number of carbonyl (C=O) groups is 1. The topological polar surface area (TPSA) is 47.6 Å². The Morgan fingerprint density at radius 1 is 1.50 bits per heavy atom. The second-order valence-corrected chi connectivity index (χ2v) is 2.35. The largest absolute Gasteiger partial charge is 0.383 e. The molecule has 0 aliphatic rings. The number of methoxy groups -OCH3 is 1. The molecule has 0 spiro atoms. The van der Waals surface area contributed by atoms with Gasteiger partial charge in [0, 0.05) is 20.3 Å². The van der Waals surface area contributed by atoms with Crippen molar-refractivity contribution in [3.05, 3.63) is 0 Å². The third-order valence-electron chi connectivity index (χ3n) is 1.27. The summed E-state index contributed by atoms with van der Waals surface area (Å²) in [7, 11) is 1.63. The number of nitrogens with one attached hydrogen (secondary N) is 1. The smallest absolute Gasteiger partial charge is 0.172 e. The number of ketones is 1. The van der Waals surface area contributed by atoms with E-state index in [1.54, 1.807) is 7.11 Å². The molecule has 0 aliphatic carbocycles. The van der Waals surface area contributed by atoms with Crippen LogP contribution in [-0.2, 0) is 14.3 Å². The zero-order valence-electron chi connectivity index (χ0n) is 7.76. The van der Waals surface area contributed by atoms with E-state index >= 15 is 0 Å². The van der Waals surface area contributed by atoms with Crippen molar-refractivity contribution in [1.29, 1.82) is 0 Å². The first-order valence-corrected chi connectivity index (χ1v) is 4.10. The average molecular weight is 175 g/mol. The summed E-state index contributed by atoms with van der Waals surface area (Å²) in [6.45, 7) is 4.35. The van der Waals surface area contributed by atoms with Crippen molar-refractivity contribution in [1.82, 2.24) is 5.32 Å². The van der Waals surface area contributed by atoms with Crippen LogP contribution < -0.4 is 5.32 Å². The van der Waals surface area contributed by atoms with Crippen molar-refractivity contribution in [2.45, 2.75) is 6.92 Å². The van der Waals surface area contributed by atoms with Crippen LogP contribution in [0.15, 0.2) is 0 Å². The molecule has 0 amide bonds. The molecule has 12 heavy (non-hydrogen) atoms. The SMILES string of the molecule is CCOCC(=O)CNCCOC. The Labute approximate surface area is 73.2 Å². The highest BCUT2D eigenvalue weighted by Crippen LogP contribution is 1.75. The molecule has 0 aromatic carbocycles. The molecule has 0 aromatic heterocycles. The third-order valence-corrected chi connectivity index (χ3v) is 1.27. The minimum atomic E-state index is 0.0768. The molecular weight excluding hydrogens is 158 g/mol. The van der Waals surface area contributed by atoms with Crippen LogP contribution in [-0.4, -0.2) is 45.8 Å². The molecule has 0 atom stereocenters. The van der Waals surface area contributed by atoms with Gasteiger partial charge >= 0.3 is 0 Å². The normalized spacial score (nSPS) is 10.2. The molecule has 0 heterocycles. The Morgan fingerprint density at radius 2 is 2.25 bits per heavy atom. The molecule has 0 aromatic rings. The first-order valence-electron chi connectivity index (χ1n) is 4.10. The first-order chi connectivity index (χ1) is 5.81. The summed E-state index contributed by atoms with van der Waals surface area (Å²) in [5.74, 6) is 0.0768. The van der Waals surface area contributed by atoms with E-state index in [9.17, 15) is 4.79 Å². The van der Waals surface area contributed by atoms with Crippen LogP contribution in [0.5, 0.6) is 0 Å². The quantitative estimate of drug-likeness (QED) is 0.520. The van der Waals surface area contributed by atoms with Crippen molar-refractivity contribution in [2.75, 3.05) is 40.0 Å². The van der Waals surface area contributed by atoms with Crippen LogP contribution >= 0.6 is 0 Å². The van der Waals surface area contributed by atoms with Crippen LogP contribution in [0, 0.1) is 0 Å². The number of hydrogen-bond donors (Lipinski definition) is 1. The molecule has 0 radical (unpaired) electrons. The van der Waals surface area contributed by atoms with Gasteiger partial charge in [0.2, 0.25) is 0 Å². The lowest BCUT2D eigenvalue weighted by Gasteiger charge is -2.02. The van der Waals surface area contributed by atoms with E-state index < -0.39 is 0 Å². The van der Waals surface area contributed by atoms with Crippen molar-refractivity contribution < 1.29 is 14.3 Å². The lowest BCUT2D eigenvalue weighted by molar-refractivity contribution is -0.122. The fourth-order valence-electron chi connectivity index (χ4n) is 0.669. The van der Waals surface area contributed by atoms with Gasteiger partial charge in [0.25, 0.3) is 0 Å². The predicted octanol–water partition coefficient (Wildman–Crippen LogP) is -0.172. The zero-order chi connectivity index (χ0) is 9.23. The molecule has 1 N–H and O–H groups in total. The minimum absolute atomic E-state index is 0.0768. The van der Waals surface area contributed by atoms with Crippen LogP contribution in [0.1, 0.15) is 6.92 Å². The molecule has 72 valence electrons. The summed E-state index contributed by atoms with van der Waals surface area (Å²) in [6, 6.07) is 0. The number of hydrogen-bond acceptors (Lipinski definition) is 4. The second-order valence-electron chi connectivity index (χ2n) is 2.35. The van der Waals surface area contributed by atoms with E-state index in [0.29, 0.717) is 26.3 Å². The molecule has 0 fully saturated rings. The van der Waals surface area contributed by atoms with Crippen molar-refractivity contribution in [2.24, 2.45) is 0 Å². The molecule has 0 aliphatic heterocycles. The van der Waals surface area contributed by atoms with Gasteiger partial charge in [0.05, 0.1) is 13.2 Å². The van der Waals surface area contributed by atoms with Crippen molar-refractivity contribution in [3.8, 4) is 0 Å². The Balaban J connectivity index is 3.08. The summed E-state index contributed by atoms with van der Waals surface area (Å²) in [5.41, 5.74) is 0. The number of carbonyl (C=O) groups excluding carboxylic acids is 1. The van der Waals surface area contributed by atoms with Gasteiger partial charge in [-0.15, -0.1) is 0 Å². The molecular formula is C8H17NO3. The fourth-order valence-corrected chi connectivity index (χ4v) is 0.669. The highest BCUT2D eigenvalue weighted by molar-refractivity contribution is 5.81. The maximum atomic E-state index is 10.9. The first kappa shape index (κ1) is 11.6. The molecule has 4 heteroatoms. The highest BCUT2D eigenvalue weighted by Gasteiger charge is 1.99. The molecule has 0 unspecified atom stereocenters. The van der Waals surface area contributed by atoms with Gasteiger partial charge in [-0.2, -0.15) is 0 Å². The van der Waals surface area contributed by atoms with Crippen LogP contribution in [0.25, 0.3) is 0 Å². The summed E-state index contributed by atoms with van der Waals surface area (Å²) < 4.78 is 9.73. The average Bonchev–Trinajstić information content (AvgIpc) is 2.09. The van der Waals surface area contributed by atoms with Crippen molar-refractivity contribution in [3.63, 3.8) is 0 Å².